The first kappa shape index (κ1) is 23.3. The van der Waals surface area contributed by atoms with Crippen molar-refractivity contribution in [2.24, 2.45) is 0 Å². The molecule has 0 aliphatic heterocycles. The molecular formula is C22H20F4N2O4. The maximum Gasteiger partial charge on any atom is 0.419 e. The molecule has 170 valence electrons. The first-order valence-electron chi connectivity index (χ1n) is 9.59. The van der Waals surface area contributed by atoms with Crippen LogP contribution < -0.4 is 15.6 Å². The Bertz CT molecular complexity index is 1220. The Morgan fingerprint density at radius 1 is 1.19 bits per heavy atom. The first-order chi connectivity index (χ1) is 15.0. The van der Waals surface area contributed by atoms with E-state index in [1.165, 1.54) is 10.8 Å². The smallest absolute Gasteiger partial charge is 0.409 e. The van der Waals surface area contributed by atoms with Gasteiger partial charge in [0, 0.05) is 18.1 Å². The van der Waals surface area contributed by atoms with Crippen molar-refractivity contribution >= 4 is 16.9 Å². The second kappa shape index (κ2) is 8.99. The Hall–Kier alpha value is -3.40. The quantitative estimate of drug-likeness (QED) is 0.566. The molecule has 1 heterocycles. The molecule has 0 radical (unpaired) electrons. The zero-order valence-corrected chi connectivity index (χ0v) is 17.2. The van der Waals surface area contributed by atoms with Crippen LogP contribution in [0.5, 0.6) is 5.75 Å². The molecule has 2 aromatic carbocycles. The number of aryl methyl sites for hydroxylation is 1. The summed E-state index contributed by atoms with van der Waals surface area (Å²) in [6, 6.07) is 6.69. The van der Waals surface area contributed by atoms with Crippen molar-refractivity contribution in [1.82, 2.24) is 9.88 Å². The predicted octanol–water partition coefficient (Wildman–Crippen LogP) is 4.31. The average molecular weight is 452 g/mol. The highest BCUT2D eigenvalue weighted by atomic mass is 19.4. The molecule has 0 aliphatic carbocycles. The minimum Gasteiger partial charge on any atom is -0.409 e. The van der Waals surface area contributed by atoms with Crippen LogP contribution in [0.25, 0.3) is 10.8 Å². The van der Waals surface area contributed by atoms with E-state index in [1.807, 2.05) is 0 Å². The van der Waals surface area contributed by atoms with Crippen LogP contribution >= 0.6 is 0 Å². The number of halogens is 4. The van der Waals surface area contributed by atoms with Crippen molar-refractivity contribution in [2.45, 2.75) is 32.6 Å². The van der Waals surface area contributed by atoms with Crippen molar-refractivity contribution in [3.8, 4) is 5.75 Å². The number of aliphatic hydroxyl groups excluding tert-OH is 1. The van der Waals surface area contributed by atoms with Crippen LogP contribution in [-0.4, -0.2) is 22.4 Å². The van der Waals surface area contributed by atoms with E-state index in [4.69, 9.17) is 4.74 Å². The molecular weight excluding hydrogens is 432 g/mol. The van der Waals surface area contributed by atoms with Gasteiger partial charge in [-0.2, -0.15) is 13.2 Å². The summed E-state index contributed by atoms with van der Waals surface area (Å²) in [4.78, 5) is 25.0. The van der Waals surface area contributed by atoms with Gasteiger partial charge in [0.2, 0.25) is 0 Å². The van der Waals surface area contributed by atoms with E-state index in [-0.39, 0.29) is 35.4 Å². The summed E-state index contributed by atoms with van der Waals surface area (Å²) in [5.74, 6) is -1.30. The Labute approximate surface area is 180 Å². The van der Waals surface area contributed by atoms with E-state index in [9.17, 15) is 32.3 Å². The Balaban J connectivity index is 1.80. The topological polar surface area (TPSA) is 80.6 Å². The van der Waals surface area contributed by atoms with Crippen LogP contribution in [0.4, 0.5) is 22.4 Å². The van der Waals surface area contributed by atoms with Gasteiger partial charge in [0.25, 0.3) is 5.56 Å². The normalized spacial score (nSPS) is 12.6. The lowest BCUT2D eigenvalue weighted by molar-refractivity contribution is -0.140. The molecule has 10 heteroatoms. The third kappa shape index (κ3) is 4.75. The lowest BCUT2D eigenvalue weighted by Crippen LogP contribution is -2.27. The molecule has 3 rings (SSSR count). The third-order valence-electron chi connectivity index (χ3n) is 4.97. The fourth-order valence-corrected chi connectivity index (χ4v) is 3.19. The van der Waals surface area contributed by atoms with Crippen molar-refractivity contribution in [3.63, 3.8) is 0 Å². The minimum absolute atomic E-state index is 0.114. The molecule has 1 amide bonds. The van der Waals surface area contributed by atoms with E-state index in [0.29, 0.717) is 23.1 Å². The SMILES string of the molecule is Cc1ccc2c(=O)n([C@H](C)CO)ccc2c1OC(=O)NCc1ccc(C(F)(F)F)c(F)c1. The summed E-state index contributed by atoms with van der Waals surface area (Å²) >= 11 is 0. The Morgan fingerprint density at radius 2 is 1.91 bits per heavy atom. The van der Waals surface area contributed by atoms with Crippen molar-refractivity contribution in [3.05, 3.63) is 75.5 Å². The van der Waals surface area contributed by atoms with E-state index >= 15 is 0 Å². The summed E-state index contributed by atoms with van der Waals surface area (Å²) in [6.07, 6.45) is -4.25. The number of amides is 1. The highest BCUT2D eigenvalue weighted by Gasteiger charge is 2.33. The standard InChI is InChI=1S/C22H20F4N2O4/c1-12-3-5-16-15(7-8-28(20(16)30)13(2)11-29)19(12)32-21(31)27-10-14-4-6-17(18(23)9-14)22(24,25)26/h3-9,13,29H,10-11H2,1-2H3,(H,27,31)/t13-/m1/s1. The van der Waals surface area contributed by atoms with Crippen molar-refractivity contribution in [2.75, 3.05) is 6.61 Å². The number of aliphatic hydroxyl groups is 1. The summed E-state index contributed by atoms with van der Waals surface area (Å²) in [5, 5.41) is 12.3. The van der Waals surface area contributed by atoms with Gasteiger partial charge in [0.1, 0.15) is 11.6 Å². The fourth-order valence-electron chi connectivity index (χ4n) is 3.19. The summed E-state index contributed by atoms with van der Waals surface area (Å²) < 4.78 is 58.4. The van der Waals surface area contributed by atoms with Gasteiger partial charge in [-0.05, 0) is 49.2 Å². The molecule has 0 bridgehead atoms. The van der Waals surface area contributed by atoms with Gasteiger partial charge in [0.15, 0.2) is 0 Å². The highest BCUT2D eigenvalue weighted by molar-refractivity contribution is 5.90. The lowest BCUT2D eigenvalue weighted by Gasteiger charge is -2.16. The largest absolute Gasteiger partial charge is 0.419 e. The molecule has 6 nitrogen and oxygen atoms in total. The molecule has 0 aliphatic rings. The molecule has 0 fully saturated rings. The number of fused-ring (bicyclic) bond motifs is 1. The fraction of sp³-hybridized carbons (Fsp3) is 0.273. The zero-order chi connectivity index (χ0) is 23.6. The number of pyridine rings is 1. The molecule has 0 spiro atoms. The predicted molar refractivity (Wildman–Crippen MR) is 109 cm³/mol. The second-order valence-corrected chi connectivity index (χ2v) is 7.29. The summed E-state index contributed by atoms with van der Waals surface area (Å²) in [5.41, 5.74) is -1.07. The van der Waals surface area contributed by atoms with Gasteiger partial charge < -0.3 is 19.7 Å². The number of nitrogens with zero attached hydrogens (tertiary/aromatic N) is 1. The maximum atomic E-state index is 13.7. The molecule has 0 saturated carbocycles. The van der Waals surface area contributed by atoms with Gasteiger partial charge in [-0.3, -0.25) is 4.79 Å². The molecule has 2 N–H and O–H groups in total. The number of carbonyl (C=O) groups excluding carboxylic acids is 1. The number of ether oxygens (including phenoxy) is 1. The lowest BCUT2D eigenvalue weighted by atomic mass is 10.1. The van der Waals surface area contributed by atoms with Gasteiger partial charge in [-0.1, -0.05) is 12.1 Å². The van der Waals surface area contributed by atoms with E-state index in [2.05, 4.69) is 5.32 Å². The number of hydrogen-bond donors (Lipinski definition) is 2. The second-order valence-electron chi connectivity index (χ2n) is 7.29. The van der Waals surface area contributed by atoms with Crippen LogP contribution in [0.15, 0.2) is 47.4 Å². The number of alkyl halides is 3. The van der Waals surface area contributed by atoms with Crippen molar-refractivity contribution in [1.29, 1.82) is 0 Å². The van der Waals surface area contributed by atoms with Gasteiger partial charge >= 0.3 is 12.3 Å². The average Bonchev–Trinajstić information content (AvgIpc) is 2.73. The monoisotopic (exact) mass is 452 g/mol. The van der Waals surface area contributed by atoms with Crippen LogP contribution in [0.2, 0.25) is 0 Å². The molecule has 1 aromatic heterocycles. The van der Waals surface area contributed by atoms with Gasteiger partial charge in [0.05, 0.1) is 23.6 Å². The van der Waals surface area contributed by atoms with Gasteiger partial charge in [-0.15, -0.1) is 0 Å². The van der Waals surface area contributed by atoms with E-state index < -0.39 is 29.7 Å². The minimum atomic E-state index is -4.81. The number of nitrogens with one attached hydrogen (secondary N) is 1. The summed E-state index contributed by atoms with van der Waals surface area (Å²) in [6.45, 7) is 2.86. The van der Waals surface area contributed by atoms with Crippen LogP contribution in [0.3, 0.4) is 0 Å². The maximum absolute atomic E-state index is 13.7. The number of hydrogen-bond acceptors (Lipinski definition) is 4. The Morgan fingerprint density at radius 3 is 2.53 bits per heavy atom. The first-order valence-corrected chi connectivity index (χ1v) is 9.59. The molecule has 0 unspecified atom stereocenters. The molecule has 32 heavy (non-hydrogen) atoms. The highest BCUT2D eigenvalue weighted by Crippen LogP contribution is 2.32. The van der Waals surface area contributed by atoms with Crippen LogP contribution in [-0.2, 0) is 12.7 Å². The molecule has 3 aromatic rings. The number of carbonyl (C=O) groups is 1. The molecule has 0 saturated heterocycles. The third-order valence-corrected chi connectivity index (χ3v) is 4.97. The van der Waals surface area contributed by atoms with E-state index in [0.717, 1.165) is 6.07 Å². The number of benzene rings is 2. The Kier molecular flexibility index (Phi) is 6.54. The number of aromatic nitrogens is 1. The zero-order valence-electron chi connectivity index (χ0n) is 17.2. The molecule has 1 atom stereocenters. The number of rotatable bonds is 5. The van der Waals surface area contributed by atoms with Gasteiger partial charge in [-0.25, -0.2) is 9.18 Å². The van der Waals surface area contributed by atoms with Crippen LogP contribution in [0, 0.1) is 12.7 Å². The van der Waals surface area contributed by atoms with Crippen LogP contribution in [0.1, 0.15) is 29.7 Å². The van der Waals surface area contributed by atoms with Crippen molar-refractivity contribution < 1.29 is 32.2 Å². The summed E-state index contributed by atoms with van der Waals surface area (Å²) in [7, 11) is 0. The van der Waals surface area contributed by atoms with E-state index in [1.54, 1.807) is 32.0 Å².